The molecule has 21 heavy (non-hydrogen) atoms. The van der Waals surface area contributed by atoms with Crippen LogP contribution in [0.4, 0.5) is 4.39 Å². The van der Waals surface area contributed by atoms with Gasteiger partial charge in [0, 0.05) is 12.1 Å². The molecule has 0 fully saturated rings. The van der Waals surface area contributed by atoms with E-state index in [9.17, 15) is 4.39 Å². The number of benzene rings is 2. The molecule has 0 heterocycles. The molecular weight excluding hydrogens is 289 g/mol. The third-order valence-electron chi connectivity index (χ3n) is 3.54. The first-order valence-electron chi connectivity index (χ1n) is 6.86. The second kappa shape index (κ2) is 6.92. The van der Waals surface area contributed by atoms with Crippen LogP contribution in [-0.4, -0.2) is 7.11 Å². The van der Waals surface area contributed by atoms with E-state index in [1.807, 2.05) is 31.2 Å². The molecule has 2 atom stereocenters. The Balaban J connectivity index is 2.10. The fourth-order valence-corrected chi connectivity index (χ4v) is 2.45. The lowest BCUT2D eigenvalue weighted by atomic mass is 10.0. The van der Waals surface area contributed by atoms with Crippen LogP contribution in [0.1, 0.15) is 37.1 Å². The van der Waals surface area contributed by atoms with Crippen LogP contribution in [0, 0.1) is 5.82 Å². The maximum Gasteiger partial charge on any atom is 0.141 e. The van der Waals surface area contributed by atoms with Gasteiger partial charge in [-0.15, -0.1) is 0 Å². The van der Waals surface area contributed by atoms with Gasteiger partial charge in [0.1, 0.15) is 11.6 Å². The van der Waals surface area contributed by atoms with Crippen molar-refractivity contribution >= 4 is 11.6 Å². The van der Waals surface area contributed by atoms with E-state index in [2.05, 4.69) is 12.2 Å². The van der Waals surface area contributed by atoms with E-state index >= 15 is 0 Å². The molecule has 0 saturated heterocycles. The fraction of sp³-hybridized carbons (Fsp3) is 0.294. The van der Waals surface area contributed by atoms with Crippen molar-refractivity contribution in [1.29, 1.82) is 0 Å². The summed E-state index contributed by atoms with van der Waals surface area (Å²) in [5, 5.41) is 3.62. The largest absolute Gasteiger partial charge is 0.497 e. The lowest BCUT2D eigenvalue weighted by molar-refractivity contribution is 0.412. The average Bonchev–Trinajstić information content (AvgIpc) is 2.49. The smallest absolute Gasteiger partial charge is 0.141 e. The van der Waals surface area contributed by atoms with E-state index in [1.54, 1.807) is 19.2 Å². The first-order valence-corrected chi connectivity index (χ1v) is 7.24. The SMILES string of the molecule is COc1cccc([C@@H](C)NC(C)c2ccc(F)c(Cl)c2)c1. The van der Waals surface area contributed by atoms with Crippen molar-refractivity contribution in [2.45, 2.75) is 25.9 Å². The summed E-state index contributed by atoms with van der Waals surface area (Å²) < 4.78 is 18.4. The van der Waals surface area contributed by atoms with Crippen LogP contribution in [-0.2, 0) is 0 Å². The molecule has 0 aliphatic carbocycles. The van der Waals surface area contributed by atoms with Crippen molar-refractivity contribution in [2.24, 2.45) is 0 Å². The van der Waals surface area contributed by atoms with Crippen LogP contribution >= 0.6 is 11.6 Å². The molecule has 0 aliphatic rings. The molecule has 0 amide bonds. The van der Waals surface area contributed by atoms with Gasteiger partial charge in [0.15, 0.2) is 0 Å². The Bertz CT molecular complexity index is 617. The first kappa shape index (κ1) is 15.8. The molecule has 0 saturated carbocycles. The van der Waals surface area contributed by atoms with Crippen molar-refractivity contribution in [1.82, 2.24) is 5.32 Å². The maximum absolute atomic E-state index is 13.2. The number of methoxy groups -OCH3 is 1. The van der Waals surface area contributed by atoms with Gasteiger partial charge in [-0.3, -0.25) is 0 Å². The molecule has 2 nitrogen and oxygen atoms in total. The third-order valence-corrected chi connectivity index (χ3v) is 3.83. The minimum Gasteiger partial charge on any atom is -0.497 e. The molecule has 2 aromatic carbocycles. The van der Waals surface area contributed by atoms with Gasteiger partial charge in [-0.1, -0.05) is 29.8 Å². The van der Waals surface area contributed by atoms with E-state index in [0.29, 0.717) is 0 Å². The van der Waals surface area contributed by atoms with Gasteiger partial charge in [-0.25, -0.2) is 4.39 Å². The molecule has 2 aromatic rings. The molecule has 0 radical (unpaired) electrons. The number of hydrogen-bond donors (Lipinski definition) is 1. The van der Waals surface area contributed by atoms with Gasteiger partial charge in [0.2, 0.25) is 0 Å². The highest BCUT2D eigenvalue weighted by molar-refractivity contribution is 6.30. The van der Waals surface area contributed by atoms with Crippen LogP contribution < -0.4 is 10.1 Å². The van der Waals surface area contributed by atoms with Crippen molar-refractivity contribution in [2.75, 3.05) is 7.11 Å². The monoisotopic (exact) mass is 307 g/mol. The molecule has 1 unspecified atom stereocenters. The third kappa shape index (κ3) is 3.96. The number of rotatable bonds is 5. The van der Waals surface area contributed by atoms with Gasteiger partial charge >= 0.3 is 0 Å². The summed E-state index contributed by atoms with van der Waals surface area (Å²) in [4.78, 5) is 0. The van der Waals surface area contributed by atoms with Crippen LogP contribution in [0.25, 0.3) is 0 Å². The highest BCUT2D eigenvalue weighted by atomic mass is 35.5. The zero-order valence-electron chi connectivity index (χ0n) is 12.4. The Morgan fingerprint density at radius 1 is 1.05 bits per heavy atom. The fourth-order valence-electron chi connectivity index (χ4n) is 2.26. The van der Waals surface area contributed by atoms with Crippen LogP contribution in [0.5, 0.6) is 5.75 Å². The predicted molar refractivity (Wildman–Crippen MR) is 84.4 cm³/mol. The summed E-state index contributed by atoms with van der Waals surface area (Å²) in [7, 11) is 1.65. The summed E-state index contributed by atoms with van der Waals surface area (Å²) in [5.41, 5.74) is 2.09. The summed E-state index contributed by atoms with van der Waals surface area (Å²) >= 11 is 5.83. The summed E-state index contributed by atoms with van der Waals surface area (Å²) in [6.45, 7) is 4.11. The molecule has 1 N–H and O–H groups in total. The topological polar surface area (TPSA) is 21.3 Å². The van der Waals surface area contributed by atoms with E-state index in [1.165, 1.54) is 6.07 Å². The minimum absolute atomic E-state index is 0.0595. The molecule has 2 rings (SSSR count). The molecule has 0 bridgehead atoms. The highest BCUT2D eigenvalue weighted by Gasteiger charge is 2.13. The van der Waals surface area contributed by atoms with Gasteiger partial charge in [-0.05, 0) is 49.2 Å². The standard InChI is InChI=1S/C17H19ClFNO/c1-11(13-5-4-6-15(9-13)21-3)20-12(2)14-7-8-17(19)16(18)10-14/h4-12,20H,1-3H3/t11-,12?/m1/s1. The Morgan fingerprint density at radius 3 is 2.33 bits per heavy atom. The molecular formula is C17H19ClFNO. The molecule has 0 aromatic heterocycles. The number of nitrogens with one attached hydrogen (secondary N) is 1. The zero-order valence-corrected chi connectivity index (χ0v) is 13.1. The van der Waals surface area contributed by atoms with Crippen molar-refractivity contribution < 1.29 is 9.13 Å². The second-order valence-electron chi connectivity index (χ2n) is 5.06. The van der Waals surface area contributed by atoms with Crippen molar-refractivity contribution in [3.8, 4) is 5.75 Å². The lowest BCUT2D eigenvalue weighted by Gasteiger charge is -2.21. The van der Waals surface area contributed by atoms with Crippen molar-refractivity contribution in [3.63, 3.8) is 0 Å². The van der Waals surface area contributed by atoms with Crippen LogP contribution in [0.15, 0.2) is 42.5 Å². The molecule has 4 heteroatoms. The zero-order chi connectivity index (χ0) is 15.4. The van der Waals surface area contributed by atoms with Crippen molar-refractivity contribution in [3.05, 3.63) is 64.4 Å². The summed E-state index contributed by atoms with van der Waals surface area (Å²) in [5.74, 6) is 0.437. The lowest BCUT2D eigenvalue weighted by Crippen LogP contribution is -2.22. The Labute approximate surface area is 129 Å². The Morgan fingerprint density at radius 2 is 1.71 bits per heavy atom. The normalized spacial score (nSPS) is 13.8. The van der Waals surface area contributed by atoms with Gasteiger partial charge in [0.05, 0.1) is 12.1 Å². The quantitative estimate of drug-likeness (QED) is 0.848. The number of hydrogen-bond acceptors (Lipinski definition) is 2. The van der Waals surface area contributed by atoms with E-state index in [0.717, 1.165) is 16.9 Å². The molecule has 112 valence electrons. The summed E-state index contributed by atoms with van der Waals surface area (Å²) in [6, 6.07) is 12.9. The van der Waals surface area contributed by atoms with Crippen LogP contribution in [0.2, 0.25) is 5.02 Å². The first-order chi connectivity index (χ1) is 10.0. The average molecular weight is 308 g/mol. The molecule has 0 spiro atoms. The second-order valence-corrected chi connectivity index (χ2v) is 5.47. The highest BCUT2D eigenvalue weighted by Crippen LogP contribution is 2.24. The van der Waals surface area contributed by atoms with Gasteiger partial charge < -0.3 is 10.1 Å². The van der Waals surface area contributed by atoms with Crippen LogP contribution in [0.3, 0.4) is 0 Å². The Kier molecular flexibility index (Phi) is 5.21. The van der Waals surface area contributed by atoms with Gasteiger partial charge in [0.25, 0.3) is 0 Å². The van der Waals surface area contributed by atoms with Gasteiger partial charge in [-0.2, -0.15) is 0 Å². The van der Waals surface area contributed by atoms with E-state index in [4.69, 9.17) is 16.3 Å². The van der Waals surface area contributed by atoms with E-state index < -0.39 is 5.82 Å². The van der Waals surface area contributed by atoms with E-state index in [-0.39, 0.29) is 17.1 Å². The molecule has 0 aliphatic heterocycles. The minimum atomic E-state index is -0.395. The maximum atomic E-state index is 13.2. The summed E-state index contributed by atoms with van der Waals surface area (Å²) in [6.07, 6.45) is 0. The predicted octanol–water partition coefficient (Wildman–Crippen LogP) is 4.90. The Hall–Kier alpha value is -1.58. The number of ether oxygens (including phenoxy) is 1. The number of halogens is 2.